The molecule has 0 unspecified atom stereocenters. The molecule has 0 aromatic heterocycles. The lowest BCUT2D eigenvalue weighted by Gasteiger charge is -2.19. The van der Waals surface area contributed by atoms with Crippen molar-refractivity contribution in [2.24, 2.45) is 0 Å². The maximum absolute atomic E-state index is 12.9. The lowest BCUT2D eigenvalue weighted by Crippen LogP contribution is -2.35. The quantitative estimate of drug-likeness (QED) is 0.336. The van der Waals surface area contributed by atoms with Crippen molar-refractivity contribution in [3.05, 3.63) is 57.0 Å². The Kier molecular flexibility index (Phi) is 7.42. The second kappa shape index (κ2) is 10.1. The highest BCUT2D eigenvalue weighted by molar-refractivity contribution is 9.10. The van der Waals surface area contributed by atoms with E-state index < -0.39 is 23.9 Å². The first kappa shape index (κ1) is 23.6. The van der Waals surface area contributed by atoms with Crippen molar-refractivity contribution in [1.82, 2.24) is 5.43 Å². The highest BCUT2D eigenvalue weighted by Gasteiger charge is 2.35. The minimum Gasteiger partial charge on any atom is -0.490 e. The van der Waals surface area contributed by atoms with E-state index in [1.54, 1.807) is 37.3 Å². The van der Waals surface area contributed by atoms with Crippen LogP contribution in [0.25, 0.3) is 6.08 Å². The number of para-hydroxylation sites is 1. The van der Waals surface area contributed by atoms with Crippen LogP contribution in [0.3, 0.4) is 0 Å². The summed E-state index contributed by atoms with van der Waals surface area (Å²) in [4.78, 5) is 37.1. The number of hydrogen-bond acceptors (Lipinski definition) is 6. The highest BCUT2D eigenvalue weighted by Crippen LogP contribution is 2.44. The van der Waals surface area contributed by atoms with Gasteiger partial charge in [-0.25, -0.2) is 9.80 Å². The van der Waals surface area contributed by atoms with Crippen LogP contribution in [-0.2, 0) is 19.1 Å². The van der Waals surface area contributed by atoms with Crippen LogP contribution in [0, 0.1) is 0 Å². The number of amides is 2. The predicted octanol–water partition coefficient (Wildman–Crippen LogP) is 3.90. The third-order valence-electron chi connectivity index (χ3n) is 4.49. The number of carbonyl (C=O) groups excluding carboxylic acids is 3. The van der Waals surface area contributed by atoms with Crippen molar-refractivity contribution in [2.75, 3.05) is 18.7 Å². The molecule has 0 saturated carbocycles. The zero-order chi connectivity index (χ0) is 23.4. The second-order valence-corrected chi connectivity index (χ2v) is 7.78. The molecule has 2 aromatic carbocycles. The van der Waals surface area contributed by atoms with E-state index in [0.717, 1.165) is 0 Å². The molecule has 1 N–H and O–H groups in total. The number of anilines is 1. The molecule has 32 heavy (non-hydrogen) atoms. The molecule has 1 heterocycles. The van der Waals surface area contributed by atoms with E-state index in [0.29, 0.717) is 15.7 Å². The number of hydrazine groups is 1. The average molecular weight is 524 g/mol. The van der Waals surface area contributed by atoms with E-state index in [-0.39, 0.29) is 28.7 Å². The fraction of sp³-hybridized carbons (Fsp3) is 0.227. The molecule has 2 aromatic rings. The van der Waals surface area contributed by atoms with Gasteiger partial charge in [0.05, 0.1) is 19.4 Å². The molecule has 10 heteroatoms. The summed E-state index contributed by atoms with van der Waals surface area (Å²) in [5, 5.41) is 1.28. The number of methoxy groups -OCH3 is 1. The van der Waals surface area contributed by atoms with Gasteiger partial charge in [-0.2, -0.15) is 0 Å². The Morgan fingerprint density at radius 2 is 1.97 bits per heavy atom. The van der Waals surface area contributed by atoms with Gasteiger partial charge in [0, 0.05) is 4.47 Å². The number of hydrogen-bond donors (Lipinski definition) is 1. The van der Waals surface area contributed by atoms with Gasteiger partial charge in [0.25, 0.3) is 11.8 Å². The van der Waals surface area contributed by atoms with Gasteiger partial charge in [0.1, 0.15) is 10.6 Å². The van der Waals surface area contributed by atoms with Crippen LogP contribution in [0.5, 0.6) is 11.5 Å². The summed E-state index contributed by atoms with van der Waals surface area (Å²) in [6, 6.07) is 10.3. The van der Waals surface area contributed by atoms with E-state index in [9.17, 15) is 14.4 Å². The number of rotatable bonds is 7. The molecule has 1 aliphatic heterocycles. The third kappa shape index (κ3) is 4.73. The standard InChI is InChI=1S/C22H20BrClN2O6/c1-4-31-16-11-13(17(23)18(24)19(16)32-12(2)22(29)30-3)10-15-20(27)25-26(21(15)28)14-8-6-5-7-9-14/h5-12H,4H2,1-3H3,(H,25,27)/b15-10-/t12-/m0/s1. The fourth-order valence-electron chi connectivity index (χ4n) is 2.94. The summed E-state index contributed by atoms with van der Waals surface area (Å²) in [6.07, 6.45) is 0.474. The highest BCUT2D eigenvalue weighted by atomic mass is 79.9. The minimum absolute atomic E-state index is 0.0790. The van der Waals surface area contributed by atoms with Gasteiger partial charge in [-0.1, -0.05) is 29.8 Å². The first-order valence-corrected chi connectivity index (χ1v) is 10.8. The lowest BCUT2D eigenvalue weighted by molar-refractivity contribution is -0.148. The average Bonchev–Trinajstić information content (AvgIpc) is 3.08. The van der Waals surface area contributed by atoms with E-state index in [4.69, 9.17) is 21.1 Å². The Hall–Kier alpha value is -3.04. The van der Waals surface area contributed by atoms with Gasteiger partial charge < -0.3 is 14.2 Å². The SMILES string of the molecule is CCOc1cc(/C=C2/C(=O)NN(c3ccccc3)C2=O)c(Br)c(Cl)c1O[C@@H](C)C(=O)OC. The van der Waals surface area contributed by atoms with E-state index in [1.165, 1.54) is 25.1 Å². The van der Waals surface area contributed by atoms with Gasteiger partial charge in [-0.3, -0.25) is 15.0 Å². The summed E-state index contributed by atoms with van der Waals surface area (Å²) in [7, 11) is 1.25. The van der Waals surface area contributed by atoms with Crippen molar-refractivity contribution < 1.29 is 28.6 Å². The number of nitrogens with one attached hydrogen (secondary N) is 1. The molecule has 168 valence electrons. The molecule has 0 aliphatic carbocycles. The lowest BCUT2D eigenvalue weighted by atomic mass is 10.1. The van der Waals surface area contributed by atoms with E-state index in [2.05, 4.69) is 26.1 Å². The van der Waals surface area contributed by atoms with Crippen LogP contribution >= 0.6 is 27.5 Å². The molecule has 1 aliphatic rings. The largest absolute Gasteiger partial charge is 0.490 e. The number of carbonyl (C=O) groups is 3. The normalized spacial score (nSPS) is 15.5. The van der Waals surface area contributed by atoms with Crippen molar-refractivity contribution in [1.29, 1.82) is 0 Å². The Morgan fingerprint density at radius 1 is 1.28 bits per heavy atom. The molecular weight excluding hydrogens is 504 g/mol. The molecule has 0 spiro atoms. The number of halogens is 2. The van der Waals surface area contributed by atoms with Crippen molar-refractivity contribution in [2.45, 2.75) is 20.0 Å². The van der Waals surface area contributed by atoms with Gasteiger partial charge in [-0.15, -0.1) is 0 Å². The van der Waals surface area contributed by atoms with Crippen LogP contribution < -0.4 is 19.9 Å². The zero-order valence-corrected chi connectivity index (χ0v) is 19.8. The molecule has 8 nitrogen and oxygen atoms in total. The van der Waals surface area contributed by atoms with Gasteiger partial charge in [-0.05, 0) is 59.6 Å². The zero-order valence-electron chi connectivity index (χ0n) is 17.5. The molecule has 1 fully saturated rings. The van der Waals surface area contributed by atoms with Crippen molar-refractivity contribution in [3.63, 3.8) is 0 Å². The summed E-state index contributed by atoms with van der Waals surface area (Å²) >= 11 is 9.87. The van der Waals surface area contributed by atoms with E-state index in [1.807, 2.05) is 6.07 Å². The van der Waals surface area contributed by atoms with Crippen LogP contribution in [0.2, 0.25) is 5.02 Å². The van der Waals surface area contributed by atoms with E-state index >= 15 is 0 Å². The summed E-state index contributed by atoms with van der Waals surface area (Å²) in [5.41, 5.74) is 3.41. The summed E-state index contributed by atoms with van der Waals surface area (Å²) in [5.74, 6) is -1.27. The van der Waals surface area contributed by atoms with Gasteiger partial charge in [0.15, 0.2) is 17.6 Å². The van der Waals surface area contributed by atoms with Crippen molar-refractivity contribution in [3.8, 4) is 11.5 Å². The van der Waals surface area contributed by atoms with Crippen molar-refractivity contribution >= 4 is 57.1 Å². The van der Waals surface area contributed by atoms with Crippen LogP contribution in [0.15, 0.2) is 46.4 Å². The fourth-order valence-corrected chi connectivity index (χ4v) is 3.60. The number of nitrogens with zero attached hydrogens (tertiary/aromatic N) is 1. The third-order valence-corrected chi connectivity index (χ3v) is 5.93. The van der Waals surface area contributed by atoms with Crippen LogP contribution in [0.1, 0.15) is 19.4 Å². The molecular formula is C22H20BrClN2O6. The molecule has 1 atom stereocenters. The Labute approximate surface area is 198 Å². The number of esters is 1. The number of ether oxygens (including phenoxy) is 3. The Balaban J connectivity index is 2.01. The van der Waals surface area contributed by atoms with Gasteiger partial charge in [0.2, 0.25) is 0 Å². The molecule has 2 amide bonds. The molecule has 1 saturated heterocycles. The number of benzene rings is 2. The smallest absolute Gasteiger partial charge is 0.346 e. The Bertz CT molecular complexity index is 1090. The maximum atomic E-state index is 12.9. The molecule has 3 rings (SSSR count). The monoisotopic (exact) mass is 522 g/mol. The molecule has 0 bridgehead atoms. The second-order valence-electron chi connectivity index (χ2n) is 6.61. The summed E-state index contributed by atoms with van der Waals surface area (Å²) in [6.45, 7) is 3.58. The van der Waals surface area contributed by atoms with Crippen LogP contribution in [-0.4, -0.2) is 37.6 Å². The molecule has 0 radical (unpaired) electrons. The minimum atomic E-state index is -0.936. The van der Waals surface area contributed by atoms with Gasteiger partial charge >= 0.3 is 5.97 Å². The topological polar surface area (TPSA) is 94.2 Å². The first-order chi connectivity index (χ1) is 15.3. The Morgan fingerprint density at radius 3 is 2.59 bits per heavy atom. The first-order valence-electron chi connectivity index (χ1n) is 9.59. The van der Waals surface area contributed by atoms with Crippen LogP contribution in [0.4, 0.5) is 5.69 Å². The predicted molar refractivity (Wildman–Crippen MR) is 122 cm³/mol. The maximum Gasteiger partial charge on any atom is 0.346 e. The summed E-state index contributed by atoms with van der Waals surface area (Å²) < 4.78 is 16.3.